The first-order valence-corrected chi connectivity index (χ1v) is 16.2. The first-order valence-electron chi connectivity index (χ1n) is 15.4. The van der Waals surface area contributed by atoms with Crippen molar-refractivity contribution in [2.75, 3.05) is 13.7 Å². The summed E-state index contributed by atoms with van der Waals surface area (Å²) in [5.41, 5.74) is -0.504. The fraction of sp³-hybridized carbons (Fsp3) is 0.647. The van der Waals surface area contributed by atoms with Gasteiger partial charge in [-0.1, -0.05) is 54.9 Å². The number of methoxy groups -OCH3 is 1. The van der Waals surface area contributed by atoms with Gasteiger partial charge in [0.2, 0.25) is 5.91 Å². The van der Waals surface area contributed by atoms with Crippen molar-refractivity contribution in [2.24, 2.45) is 34.5 Å². The number of Topliss-reactive ketones (excluding diaryl/α,β-unsaturated/α-hetero) is 1. The van der Waals surface area contributed by atoms with Crippen molar-refractivity contribution in [3.05, 3.63) is 47.0 Å². The Hall–Kier alpha value is -2.52. The second-order valence-electron chi connectivity index (χ2n) is 14.1. The van der Waals surface area contributed by atoms with Crippen molar-refractivity contribution in [3.8, 4) is 0 Å². The molecule has 1 aliphatic heterocycles. The Morgan fingerprint density at radius 1 is 1.07 bits per heavy atom. The second-order valence-corrected chi connectivity index (χ2v) is 15.0. The number of likely N-dealkylation sites (tertiary alicyclic amines) is 1. The normalized spacial score (nSPS) is 31.6. The summed E-state index contributed by atoms with van der Waals surface area (Å²) in [6.07, 6.45) is 5.08. The van der Waals surface area contributed by atoms with E-state index in [2.05, 4.69) is 22.5 Å². The average molecular weight is 659 g/mol. The predicted octanol–water partition coefficient (Wildman–Crippen LogP) is 5.65. The van der Waals surface area contributed by atoms with Crippen LogP contribution in [0.2, 0.25) is 0 Å². The Kier molecular flexibility index (Phi) is 9.25. The molecule has 8 nitrogen and oxygen atoms in total. The van der Waals surface area contributed by atoms with Gasteiger partial charge in [-0.3, -0.25) is 19.2 Å². The number of hydrogen-bond donors (Lipinski definition) is 0. The Bertz CT molecular complexity index is 1250. The maximum Gasteiger partial charge on any atom is 0.312 e. The third-order valence-corrected chi connectivity index (χ3v) is 10.6. The van der Waals surface area contributed by atoms with Crippen molar-refractivity contribution < 1.29 is 33.4 Å². The standard InChI is InChI=1S/C34H44BrNO7/c1-6-23-16-34(23,32(40)41-5)17-29(37)28-14-26(42-19-20-7-9-24(35)10-8-20)18-36(28)31(39)27(33(2,3)4)15-30(38)43-25-12-21-11-22(21)13-25/h6-10,21-23,25-28H,1,11-19H2,2-5H3/t21-,22+,23-,25?,26-,27-,28+,34-/m1/s1. The number of benzene rings is 1. The highest BCUT2D eigenvalue weighted by molar-refractivity contribution is 9.10. The van der Waals surface area contributed by atoms with Crippen LogP contribution < -0.4 is 0 Å². The molecule has 0 aromatic heterocycles. The molecule has 234 valence electrons. The van der Waals surface area contributed by atoms with Crippen LogP contribution in [0, 0.1) is 34.5 Å². The summed E-state index contributed by atoms with van der Waals surface area (Å²) in [7, 11) is 1.33. The highest BCUT2D eigenvalue weighted by Crippen LogP contribution is 2.57. The van der Waals surface area contributed by atoms with Crippen LogP contribution in [0.25, 0.3) is 0 Å². The lowest BCUT2D eigenvalue weighted by molar-refractivity contribution is -0.157. The Morgan fingerprint density at radius 2 is 1.74 bits per heavy atom. The summed E-state index contributed by atoms with van der Waals surface area (Å²) in [6, 6.07) is 7.03. The van der Waals surface area contributed by atoms with Crippen LogP contribution in [0.3, 0.4) is 0 Å². The van der Waals surface area contributed by atoms with E-state index >= 15 is 0 Å². The molecule has 1 unspecified atom stereocenters. The zero-order valence-electron chi connectivity index (χ0n) is 25.7. The molecule has 4 aliphatic rings. The molecule has 43 heavy (non-hydrogen) atoms. The van der Waals surface area contributed by atoms with Crippen LogP contribution in [0.4, 0.5) is 0 Å². The van der Waals surface area contributed by atoms with E-state index in [-0.39, 0.29) is 55.2 Å². The smallest absolute Gasteiger partial charge is 0.312 e. The number of carbonyl (C=O) groups excluding carboxylic acids is 4. The van der Waals surface area contributed by atoms with Gasteiger partial charge in [0, 0.05) is 23.9 Å². The number of amides is 1. The van der Waals surface area contributed by atoms with Crippen LogP contribution in [0.1, 0.15) is 71.3 Å². The summed E-state index contributed by atoms with van der Waals surface area (Å²) in [5.74, 6) is -0.683. The lowest BCUT2D eigenvalue weighted by atomic mass is 9.77. The average Bonchev–Trinajstić information content (AvgIpc) is 3.76. The van der Waals surface area contributed by atoms with Gasteiger partial charge in [-0.05, 0) is 66.5 Å². The number of hydrogen-bond acceptors (Lipinski definition) is 7. The Labute approximate surface area is 263 Å². The van der Waals surface area contributed by atoms with Gasteiger partial charge in [-0.2, -0.15) is 0 Å². The minimum atomic E-state index is -0.937. The zero-order valence-corrected chi connectivity index (χ0v) is 27.3. The van der Waals surface area contributed by atoms with Gasteiger partial charge in [-0.25, -0.2) is 0 Å². The molecule has 8 atom stereocenters. The summed E-state index contributed by atoms with van der Waals surface area (Å²) in [4.78, 5) is 55.6. The Morgan fingerprint density at radius 3 is 2.33 bits per heavy atom. The number of ketones is 1. The zero-order chi connectivity index (χ0) is 31.1. The van der Waals surface area contributed by atoms with E-state index in [9.17, 15) is 19.2 Å². The van der Waals surface area contributed by atoms with Crippen LogP contribution in [-0.2, 0) is 40.0 Å². The van der Waals surface area contributed by atoms with Gasteiger partial charge in [0.25, 0.3) is 0 Å². The van der Waals surface area contributed by atoms with E-state index in [0.29, 0.717) is 31.3 Å². The summed E-state index contributed by atoms with van der Waals surface area (Å²) in [6.45, 7) is 10.2. The van der Waals surface area contributed by atoms with E-state index < -0.39 is 28.8 Å². The number of halogens is 1. The molecule has 0 bridgehead atoms. The lowest BCUT2D eigenvalue weighted by Gasteiger charge is -2.35. The van der Waals surface area contributed by atoms with Gasteiger partial charge in [0.05, 0.1) is 43.6 Å². The molecule has 3 aliphatic carbocycles. The third kappa shape index (κ3) is 7.08. The first kappa shape index (κ1) is 31.9. The van der Waals surface area contributed by atoms with E-state index in [1.165, 1.54) is 13.5 Å². The fourth-order valence-electron chi connectivity index (χ4n) is 7.17. The lowest BCUT2D eigenvalue weighted by Crippen LogP contribution is -2.48. The number of carbonyl (C=O) groups is 4. The van der Waals surface area contributed by atoms with E-state index in [1.54, 1.807) is 11.0 Å². The molecule has 3 saturated carbocycles. The number of rotatable bonds is 12. The quantitative estimate of drug-likeness (QED) is 0.211. The molecule has 1 amide bonds. The third-order valence-electron chi connectivity index (χ3n) is 10.0. The van der Waals surface area contributed by atoms with Crippen molar-refractivity contribution in [3.63, 3.8) is 0 Å². The molecule has 0 radical (unpaired) electrons. The number of ether oxygens (including phenoxy) is 3. The highest BCUT2D eigenvalue weighted by Gasteiger charge is 2.61. The predicted molar refractivity (Wildman–Crippen MR) is 163 cm³/mol. The van der Waals surface area contributed by atoms with E-state index in [0.717, 1.165) is 22.9 Å². The highest BCUT2D eigenvalue weighted by atomic mass is 79.9. The molecule has 0 N–H and O–H groups in total. The largest absolute Gasteiger partial charge is 0.469 e. The van der Waals surface area contributed by atoms with Gasteiger partial charge < -0.3 is 19.1 Å². The van der Waals surface area contributed by atoms with E-state index in [4.69, 9.17) is 14.2 Å². The van der Waals surface area contributed by atoms with Gasteiger partial charge in [-0.15, -0.1) is 6.58 Å². The molecular weight excluding hydrogens is 614 g/mol. The second kappa shape index (κ2) is 12.5. The number of nitrogens with zero attached hydrogens (tertiary/aromatic N) is 1. The van der Waals surface area contributed by atoms with Crippen LogP contribution in [0.5, 0.6) is 0 Å². The van der Waals surface area contributed by atoms with Gasteiger partial charge >= 0.3 is 11.9 Å². The minimum absolute atomic E-state index is 0.0313. The van der Waals surface area contributed by atoms with Crippen molar-refractivity contribution in [2.45, 2.75) is 90.6 Å². The summed E-state index contributed by atoms with van der Waals surface area (Å²) in [5, 5.41) is 0. The molecular formula is C34H44BrNO7. The molecule has 1 aromatic carbocycles. The van der Waals surface area contributed by atoms with E-state index in [1.807, 2.05) is 45.0 Å². The molecule has 0 spiro atoms. The summed E-state index contributed by atoms with van der Waals surface area (Å²) >= 11 is 3.44. The van der Waals surface area contributed by atoms with Crippen molar-refractivity contribution in [1.82, 2.24) is 4.90 Å². The van der Waals surface area contributed by atoms with Gasteiger partial charge in [0.15, 0.2) is 5.78 Å². The fourth-order valence-corrected chi connectivity index (χ4v) is 7.43. The van der Waals surface area contributed by atoms with Crippen molar-refractivity contribution >= 4 is 39.6 Å². The number of fused-ring (bicyclic) bond motifs is 1. The van der Waals surface area contributed by atoms with Crippen LogP contribution in [0.15, 0.2) is 41.4 Å². The van der Waals surface area contributed by atoms with Crippen LogP contribution >= 0.6 is 15.9 Å². The topological polar surface area (TPSA) is 99.2 Å². The van der Waals surface area contributed by atoms with Gasteiger partial charge in [0.1, 0.15) is 6.10 Å². The Balaban J connectivity index is 1.32. The van der Waals surface area contributed by atoms with Crippen molar-refractivity contribution in [1.29, 1.82) is 0 Å². The SMILES string of the molecule is C=C[C@@H]1C[C@]1(CC(=O)[C@@H]1C[C@@H](OCc2ccc(Br)cc2)CN1C(=O)[C@@H](CC(=O)OC1C[C@@H]2C[C@@H]2C1)C(C)(C)C)C(=O)OC. The number of allylic oxidation sites excluding steroid dienone is 1. The minimum Gasteiger partial charge on any atom is -0.469 e. The maximum atomic E-state index is 14.3. The van der Waals surface area contributed by atoms with Crippen LogP contribution in [-0.4, -0.2) is 60.4 Å². The molecule has 5 rings (SSSR count). The summed E-state index contributed by atoms with van der Waals surface area (Å²) < 4.78 is 18.1. The molecule has 4 fully saturated rings. The molecule has 1 heterocycles. The first-order chi connectivity index (χ1) is 20.3. The number of esters is 2. The maximum absolute atomic E-state index is 14.3. The monoisotopic (exact) mass is 657 g/mol. The molecule has 9 heteroatoms. The molecule has 1 saturated heterocycles. The molecule has 1 aromatic rings.